The molecule has 2 aromatic heterocycles. The molecule has 2 heterocycles. The summed E-state index contributed by atoms with van der Waals surface area (Å²) < 4.78 is 14.7. The average Bonchev–Trinajstić information content (AvgIpc) is 2.49. The molecule has 0 atom stereocenters. The first-order chi connectivity index (χ1) is 6.68. The van der Waals surface area contributed by atoms with E-state index in [2.05, 4.69) is 4.98 Å². The molecule has 0 fully saturated rings. The minimum absolute atomic E-state index is 0.0601. The van der Waals surface area contributed by atoms with E-state index in [9.17, 15) is 9.18 Å². The summed E-state index contributed by atoms with van der Waals surface area (Å²) in [6.45, 7) is 0. The van der Waals surface area contributed by atoms with Crippen LogP contribution >= 0.6 is 0 Å². The van der Waals surface area contributed by atoms with E-state index in [0.717, 1.165) is 0 Å². The van der Waals surface area contributed by atoms with Crippen molar-refractivity contribution in [2.24, 2.45) is 5.73 Å². The molecule has 0 saturated carbocycles. The highest BCUT2D eigenvalue weighted by Crippen LogP contribution is 2.10. The number of imidazole rings is 1. The molecule has 14 heavy (non-hydrogen) atoms. The highest BCUT2D eigenvalue weighted by atomic mass is 19.1. The smallest absolute Gasteiger partial charge is 0.223 e. The van der Waals surface area contributed by atoms with Crippen LogP contribution in [0.4, 0.5) is 4.39 Å². The van der Waals surface area contributed by atoms with Crippen molar-refractivity contribution in [3.8, 4) is 0 Å². The van der Waals surface area contributed by atoms with Crippen LogP contribution in [0.1, 0.15) is 5.69 Å². The van der Waals surface area contributed by atoms with Crippen LogP contribution in [0.5, 0.6) is 0 Å². The summed E-state index contributed by atoms with van der Waals surface area (Å²) in [6, 6.07) is 2.87. The predicted octanol–water partition coefficient (Wildman–Crippen LogP) is 0.501. The number of nitrogens with two attached hydrogens (primary N) is 1. The van der Waals surface area contributed by atoms with Gasteiger partial charge in [-0.15, -0.1) is 0 Å². The van der Waals surface area contributed by atoms with E-state index in [1.54, 1.807) is 12.3 Å². The second-order valence-electron chi connectivity index (χ2n) is 2.94. The Bertz CT molecular complexity index is 492. The highest BCUT2D eigenvalue weighted by molar-refractivity contribution is 5.76. The van der Waals surface area contributed by atoms with Crippen LogP contribution < -0.4 is 5.73 Å². The van der Waals surface area contributed by atoms with Crippen molar-refractivity contribution in [2.45, 2.75) is 6.42 Å². The summed E-state index contributed by atoms with van der Waals surface area (Å²) in [5.41, 5.74) is 5.84. The Morgan fingerprint density at radius 3 is 3.14 bits per heavy atom. The molecule has 0 aliphatic heterocycles. The Balaban J connectivity index is 2.58. The minimum Gasteiger partial charge on any atom is -0.369 e. The molecule has 0 bridgehead atoms. The van der Waals surface area contributed by atoms with Crippen molar-refractivity contribution in [2.75, 3.05) is 0 Å². The fourth-order valence-corrected chi connectivity index (χ4v) is 1.34. The third-order valence-electron chi connectivity index (χ3n) is 1.92. The number of primary amides is 1. The molecular formula is C9H8FN3O. The second-order valence-corrected chi connectivity index (χ2v) is 2.94. The van der Waals surface area contributed by atoms with Gasteiger partial charge in [0, 0.05) is 12.4 Å². The maximum absolute atomic E-state index is 13.1. The third-order valence-corrected chi connectivity index (χ3v) is 1.92. The van der Waals surface area contributed by atoms with Crippen LogP contribution in [-0.2, 0) is 11.2 Å². The van der Waals surface area contributed by atoms with Gasteiger partial charge in [0.2, 0.25) is 5.91 Å². The van der Waals surface area contributed by atoms with Crippen molar-refractivity contribution in [1.82, 2.24) is 9.38 Å². The Kier molecular flexibility index (Phi) is 1.92. The van der Waals surface area contributed by atoms with Crippen molar-refractivity contribution >= 4 is 11.6 Å². The molecule has 5 heteroatoms. The topological polar surface area (TPSA) is 60.4 Å². The molecule has 0 unspecified atom stereocenters. The van der Waals surface area contributed by atoms with Crippen molar-refractivity contribution in [3.05, 3.63) is 36.0 Å². The number of rotatable bonds is 2. The van der Waals surface area contributed by atoms with Gasteiger partial charge in [0.25, 0.3) is 0 Å². The lowest BCUT2D eigenvalue weighted by Gasteiger charge is -1.98. The number of fused-ring (bicyclic) bond motifs is 1. The van der Waals surface area contributed by atoms with E-state index >= 15 is 0 Å². The van der Waals surface area contributed by atoms with Gasteiger partial charge in [0.05, 0.1) is 12.1 Å². The standard InChI is InChI=1S/C9H8FN3O/c10-7-2-1-3-13-6(4-8(11)14)5-12-9(7)13/h1-3,5H,4H2,(H2,11,14). The quantitative estimate of drug-likeness (QED) is 0.755. The van der Waals surface area contributed by atoms with Gasteiger partial charge in [-0.3, -0.25) is 4.79 Å². The zero-order chi connectivity index (χ0) is 10.1. The van der Waals surface area contributed by atoms with Crippen molar-refractivity contribution in [1.29, 1.82) is 0 Å². The monoisotopic (exact) mass is 193 g/mol. The van der Waals surface area contributed by atoms with E-state index in [1.165, 1.54) is 16.7 Å². The summed E-state index contributed by atoms with van der Waals surface area (Å²) in [4.78, 5) is 14.5. The zero-order valence-corrected chi connectivity index (χ0v) is 7.27. The zero-order valence-electron chi connectivity index (χ0n) is 7.27. The van der Waals surface area contributed by atoms with E-state index < -0.39 is 11.7 Å². The third kappa shape index (κ3) is 1.32. The highest BCUT2D eigenvalue weighted by Gasteiger charge is 2.08. The van der Waals surface area contributed by atoms with Crippen LogP contribution in [0.15, 0.2) is 24.5 Å². The molecule has 0 aliphatic carbocycles. The SMILES string of the molecule is NC(=O)Cc1cnc2c(F)cccn12. The van der Waals surface area contributed by atoms with Gasteiger partial charge in [0.1, 0.15) is 0 Å². The molecule has 2 aromatic rings. The van der Waals surface area contributed by atoms with Crippen LogP contribution in [-0.4, -0.2) is 15.3 Å². The average molecular weight is 193 g/mol. The lowest BCUT2D eigenvalue weighted by atomic mass is 10.3. The number of aromatic nitrogens is 2. The second kappa shape index (κ2) is 3.10. The molecule has 0 aliphatic rings. The van der Waals surface area contributed by atoms with Gasteiger partial charge in [0.15, 0.2) is 11.5 Å². The maximum atomic E-state index is 13.1. The molecular weight excluding hydrogens is 185 g/mol. The van der Waals surface area contributed by atoms with Crippen LogP contribution in [0.2, 0.25) is 0 Å². The maximum Gasteiger partial charge on any atom is 0.223 e. The van der Waals surface area contributed by atoms with Gasteiger partial charge in [-0.1, -0.05) is 0 Å². The fourth-order valence-electron chi connectivity index (χ4n) is 1.34. The van der Waals surface area contributed by atoms with E-state index in [4.69, 9.17) is 5.73 Å². The Morgan fingerprint density at radius 2 is 2.43 bits per heavy atom. The van der Waals surface area contributed by atoms with E-state index in [0.29, 0.717) is 5.69 Å². The number of halogens is 1. The van der Waals surface area contributed by atoms with Crippen LogP contribution in [0.3, 0.4) is 0 Å². The number of amides is 1. The summed E-state index contributed by atoms with van der Waals surface area (Å²) in [6.07, 6.45) is 3.15. The molecule has 1 amide bonds. The van der Waals surface area contributed by atoms with Crippen LogP contribution in [0, 0.1) is 5.82 Å². The molecule has 2 N–H and O–H groups in total. The number of carbonyl (C=O) groups is 1. The summed E-state index contributed by atoms with van der Waals surface area (Å²) in [5.74, 6) is -0.876. The van der Waals surface area contributed by atoms with Gasteiger partial charge in [-0.25, -0.2) is 9.37 Å². The lowest BCUT2D eigenvalue weighted by Crippen LogP contribution is -2.14. The molecule has 2 rings (SSSR count). The lowest BCUT2D eigenvalue weighted by molar-refractivity contribution is -0.117. The Morgan fingerprint density at radius 1 is 1.64 bits per heavy atom. The fraction of sp³-hybridized carbons (Fsp3) is 0.111. The largest absolute Gasteiger partial charge is 0.369 e. The van der Waals surface area contributed by atoms with Gasteiger partial charge < -0.3 is 10.1 Å². The first kappa shape index (κ1) is 8.68. The molecule has 0 spiro atoms. The minimum atomic E-state index is -0.462. The molecule has 0 aromatic carbocycles. The first-order valence-corrected chi connectivity index (χ1v) is 4.07. The predicted molar refractivity (Wildman–Crippen MR) is 48.0 cm³/mol. The van der Waals surface area contributed by atoms with E-state index in [1.807, 2.05) is 0 Å². The number of hydrogen-bond acceptors (Lipinski definition) is 2. The molecule has 4 nitrogen and oxygen atoms in total. The normalized spacial score (nSPS) is 10.6. The number of hydrogen-bond donors (Lipinski definition) is 1. The molecule has 72 valence electrons. The molecule has 0 radical (unpaired) electrons. The van der Waals surface area contributed by atoms with Gasteiger partial charge >= 0.3 is 0 Å². The number of nitrogens with zero attached hydrogens (tertiary/aromatic N) is 2. The number of pyridine rings is 1. The summed E-state index contributed by atoms with van der Waals surface area (Å²) in [5, 5.41) is 0. The number of carbonyl (C=O) groups excluding carboxylic acids is 1. The first-order valence-electron chi connectivity index (χ1n) is 4.07. The Hall–Kier alpha value is -1.91. The van der Waals surface area contributed by atoms with Crippen molar-refractivity contribution in [3.63, 3.8) is 0 Å². The van der Waals surface area contributed by atoms with Crippen LogP contribution in [0.25, 0.3) is 5.65 Å². The molecule has 0 saturated heterocycles. The Labute approximate surface area is 79.2 Å². The van der Waals surface area contributed by atoms with Crippen molar-refractivity contribution < 1.29 is 9.18 Å². The summed E-state index contributed by atoms with van der Waals surface area (Å²) in [7, 11) is 0. The van der Waals surface area contributed by atoms with Gasteiger partial charge in [-0.05, 0) is 12.1 Å². The van der Waals surface area contributed by atoms with Gasteiger partial charge in [-0.2, -0.15) is 0 Å². The van der Waals surface area contributed by atoms with E-state index in [-0.39, 0.29) is 12.1 Å². The summed E-state index contributed by atoms with van der Waals surface area (Å²) >= 11 is 0.